The van der Waals surface area contributed by atoms with Crippen LogP contribution >= 0.6 is 0 Å². The van der Waals surface area contributed by atoms with Gasteiger partial charge in [0.2, 0.25) is 10.0 Å². The molecule has 0 fully saturated rings. The minimum atomic E-state index is -3.56. The topological polar surface area (TPSA) is 82.0 Å². The van der Waals surface area contributed by atoms with Crippen LogP contribution < -0.4 is 10.0 Å². The first kappa shape index (κ1) is 14.9. The van der Waals surface area contributed by atoms with Gasteiger partial charge in [-0.05, 0) is 35.9 Å². The molecule has 0 atom stereocenters. The SMILES string of the molecule is CNc1ccc(NS(=O)(=O)Cc2ccccc2C#N)cc1. The third-order valence-electron chi connectivity index (χ3n) is 2.93. The van der Waals surface area contributed by atoms with Crippen LogP contribution in [0.15, 0.2) is 48.5 Å². The van der Waals surface area contributed by atoms with E-state index in [9.17, 15) is 8.42 Å². The summed E-state index contributed by atoms with van der Waals surface area (Å²) in [7, 11) is -1.77. The highest BCUT2D eigenvalue weighted by Crippen LogP contribution is 2.17. The maximum absolute atomic E-state index is 12.2. The Balaban J connectivity index is 2.17. The molecular weight excluding hydrogens is 286 g/mol. The zero-order valence-corrected chi connectivity index (χ0v) is 12.3. The summed E-state index contributed by atoms with van der Waals surface area (Å²) in [5.41, 5.74) is 2.24. The molecule has 0 aliphatic heterocycles. The van der Waals surface area contributed by atoms with Crippen LogP contribution in [0.5, 0.6) is 0 Å². The maximum Gasteiger partial charge on any atom is 0.236 e. The monoisotopic (exact) mass is 301 g/mol. The Kier molecular flexibility index (Phi) is 4.45. The molecule has 2 N–H and O–H groups in total. The average molecular weight is 301 g/mol. The second kappa shape index (κ2) is 6.29. The molecule has 2 rings (SSSR count). The average Bonchev–Trinajstić information content (AvgIpc) is 2.47. The number of hydrogen-bond donors (Lipinski definition) is 2. The molecule has 0 aliphatic carbocycles. The highest BCUT2D eigenvalue weighted by atomic mass is 32.2. The molecule has 0 saturated carbocycles. The van der Waals surface area contributed by atoms with Crippen LogP contribution in [-0.4, -0.2) is 15.5 Å². The van der Waals surface area contributed by atoms with Gasteiger partial charge in [0.25, 0.3) is 0 Å². The van der Waals surface area contributed by atoms with Gasteiger partial charge in [0.05, 0.1) is 17.4 Å². The molecule has 0 bridgehead atoms. The summed E-state index contributed by atoms with van der Waals surface area (Å²) >= 11 is 0. The number of nitriles is 1. The summed E-state index contributed by atoms with van der Waals surface area (Å²) in [6.07, 6.45) is 0. The van der Waals surface area contributed by atoms with Crippen LogP contribution in [0.4, 0.5) is 11.4 Å². The van der Waals surface area contributed by atoms with E-state index in [-0.39, 0.29) is 5.75 Å². The molecule has 0 amide bonds. The highest BCUT2D eigenvalue weighted by molar-refractivity contribution is 7.91. The quantitative estimate of drug-likeness (QED) is 0.889. The predicted octanol–water partition coefficient (Wildman–Crippen LogP) is 2.54. The van der Waals surface area contributed by atoms with Crippen molar-refractivity contribution in [3.63, 3.8) is 0 Å². The molecule has 0 aromatic heterocycles. The second-order valence-corrected chi connectivity index (χ2v) is 6.18. The number of sulfonamides is 1. The molecule has 21 heavy (non-hydrogen) atoms. The van der Waals surface area contributed by atoms with E-state index in [1.54, 1.807) is 55.6 Å². The van der Waals surface area contributed by atoms with Crippen molar-refractivity contribution in [1.29, 1.82) is 5.26 Å². The van der Waals surface area contributed by atoms with E-state index in [1.807, 2.05) is 6.07 Å². The fraction of sp³-hybridized carbons (Fsp3) is 0.133. The van der Waals surface area contributed by atoms with E-state index in [0.717, 1.165) is 5.69 Å². The Morgan fingerprint density at radius 3 is 2.29 bits per heavy atom. The molecule has 0 spiro atoms. The largest absolute Gasteiger partial charge is 0.388 e. The summed E-state index contributed by atoms with van der Waals surface area (Å²) in [4.78, 5) is 0. The first-order valence-electron chi connectivity index (χ1n) is 6.30. The van der Waals surface area contributed by atoms with Crippen molar-refractivity contribution in [1.82, 2.24) is 0 Å². The number of nitrogens with zero attached hydrogens (tertiary/aromatic N) is 1. The van der Waals surface area contributed by atoms with Gasteiger partial charge in [-0.25, -0.2) is 8.42 Å². The maximum atomic E-state index is 12.2. The van der Waals surface area contributed by atoms with E-state index in [2.05, 4.69) is 10.0 Å². The number of nitrogens with one attached hydrogen (secondary N) is 2. The van der Waals surface area contributed by atoms with Gasteiger partial charge >= 0.3 is 0 Å². The lowest BCUT2D eigenvalue weighted by Gasteiger charge is -2.09. The van der Waals surface area contributed by atoms with Crippen molar-refractivity contribution in [2.24, 2.45) is 0 Å². The normalized spacial score (nSPS) is 10.7. The minimum absolute atomic E-state index is 0.232. The Labute approximate surface area is 124 Å². The minimum Gasteiger partial charge on any atom is -0.388 e. The molecule has 2 aromatic carbocycles. The summed E-state index contributed by atoms with van der Waals surface area (Å²) in [5, 5.41) is 11.9. The number of benzene rings is 2. The van der Waals surface area contributed by atoms with Gasteiger partial charge in [-0.1, -0.05) is 18.2 Å². The van der Waals surface area contributed by atoms with Crippen molar-refractivity contribution in [3.05, 3.63) is 59.7 Å². The Bertz CT molecular complexity index is 762. The molecule has 6 heteroatoms. The first-order valence-corrected chi connectivity index (χ1v) is 7.95. The molecular formula is C15H15N3O2S. The van der Waals surface area contributed by atoms with Crippen LogP contribution in [0.1, 0.15) is 11.1 Å². The van der Waals surface area contributed by atoms with Gasteiger partial charge in [-0.3, -0.25) is 4.72 Å². The van der Waals surface area contributed by atoms with E-state index in [1.165, 1.54) is 0 Å². The van der Waals surface area contributed by atoms with Gasteiger partial charge in [-0.2, -0.15) is 5.26 Å². The number of rotatable bonds is 5. The van der Waals surface area contributed by atoms with Crippen LogP contribution in [-0.2, 0) is 15.8 Å². The third kappa shape index (κ3) is 3.97. The smallest absolute Gasteiger partial charge is 0.236 e. The van der Waals surface area contributed by atoms with E-state index in [0.29, 0.717) is 16.8 Å². The fourth-order valence-electron chi connectivity index (χ4n) is 1.88. The van der Waals surface area contributed by atoms with E-state index < -0.39 is 10.0 Å². The second-order valence-electron chi connectivity index (χ2n) is 4.46. The summed E-state index contributed by atoms with van der Waals surface area (Å²) < 4.78 is 26.8. The molecule has 5 nitrogen and oxygen atoms in total. The van der Waals surface area contributed by atoms with E-state index in [4.69, 9.17) is 5.26 Å². The van der Waals surface area contributed by atoms with Gasteiger partial charge in [0.15, 0.2) is 0 Å². The van der Waals surface area contributed by atoms with Crippen LogP contribution in [0.3, 0.4) is 0 Å². The molecule has 0 unspecified atom stereocenters. The third-order valence-corrected chi connectivity index (χ3v) is 4.17. The number of anilines is 2. The Morgan fingerprint density at radius 1 is 1.05 bits per heavy atom. The molecule has 0 heterocycles. The summed E-state index contributed by atoms with van der Waals surface area (Å²) in [5.74, 6) is -0.232. The molecule has 0 aliphatic rings. The lowest BCUT2D eigenvalue weighted by molar-refractivity contribution is 0.600. The molecule has 0 saturated heterocycles. The Hall–Kier alpha value is -2.52. The van der Waals surface area contributed by atoms with Crippen molar-refractivity contribution in [2.75, 3.05) is 17.1 Å². The zero-order chi connectivity index (χ0) is 15.3. The summed E-state index contributed by atoms with van der Waals surface area (Å²) in [6.45, 7) is 0. The van der Waals surface area contributed by atoms with Gasteiger partial charge in [0.1, 0.15) is 0 Å². The standard InChI is InChI=1S/C15H15N3O2S/c1-17-14-6-8-15(9-7-14)18-21(19,20)11-13-5-3-2-4-12(13)10-16/h2-9,17-18H,11H2,1H3. The van der Waals surface area contributed by atoms with Gasteiger partial charge in [-0.15, -0.1) is 0 Å². The lowest BCUT2D eigenvalue weighted by Crippen LogP contribution is -2.15. The predicted molar refractivity (Wildman–Crippen MR) is 83.4 cm³/mol. The van der Waals surface area contributed by atoms with Gasteiger partial charge < -0.3 is 5.32 Å². The van der Waals surface area contributed by atoms with Crippen LogP contribution in [0.25, 0.3) is 0 Å². The van der Waals surface area contributed by atoms with E-state index >= 15 is 0 Å². The van der Waals surface area contributed by atoms with Crippen molar-refractivity contribution in [3.8, 4) is 6.07 Å². The number of hydrogen-bond acceptors (Lipinski definition) is 4. The first-order chi connectivity index (χ1) is 10.0. The van der Waals surface area contributed by atoms with Gasteiger partial charge in [0, 0.05) is 18.4 Å². The van der Waals surface area contributed by atoms with Crippen molar-refractivity contribution < 1.29 is 8.42 Å². The highest BCUT2D eigenvalue weighted by Gasteiger charge is 2.14. The zero-order valence-electron chi connectivity index (χ0n) is 11.5. The Morgan fingerprint density at radius 2 is 1.67 bits per heavy atom. The van der Waals surface area contributed by atoms with Crippen molar-refractivity contribution in [2.45, 2.75) is 5.75 Å². The lowest BCUT2D eigenvalue weighted by atomic mass is 10.1. The molecule has 108 valence electrons. The van der Waals surface area contributed by atoms with Crippen LogP contribution in [0, 0.1) is 11.3 Å². The van der Waals surface area contributed by atoms with Crippen LogP contribution in [0.2, 0.25) is 0 Å². The fourth-order valence-corrected chi connectivity index (χ4v) is 3.11. The molecule has 2 aromatic rings. The molecule has 0 radical (unpaired) electrons. The summed E-state index contributed by atoms with van der Waals surface area (Å²) in [6, 6.07) is 15.6. The van der Waals surface area contributed by atoms with Crippen molar-refractivity contribution >= 4 is 21.4 Å².